The number of carboxylic acids is 1. The van der Waals surface area contributed by atoms with Crippen LogP contribution < -0.4 is 9.47 Å². The summed E-state index contributed by atoms with van der Waals surface area (Å²) in [5.41, 5.74) is -0.718. The van der Waals surface area contributed by atoms with Crippen LogP contribution in [0.4, 0.5) is 13.2 Å². The molecule has 1 aromatic carbocycles. The van der Waals surface area contributed by atoms with E-state index < -0.39 is 23.6 Å². The average molecular weight is 248 g/mol. The molecule has 0 radical (unpaired) electrons. The van der Waals surface area contributed by atoms with E-state index in [1.807, 2.05) is 0 Å². The Hall–Kier alpha value is -2.18. The van der Waals surface area contributed by atoms with Crippen molar-refractivity contribution in [1.29, 1.82) is 0 Å². The van der Waals surface area contributed by atoms with Gasteiger partial charge in [-0.25, -0.2) is 4.79 Å². The molecule has 0 heterocycles. The van der Waals surface area contributed by atoms with Crippen LogP contribution in [0.2, 0.25) is 0 Å². The minimum Gasteiger partial charge on any atom is -0.477 e. The van der Waals surface area contributed by atoms with E-state index >= 15 is 0 Å². The molecular weight excluding hydrogens is 241 g/mol. The first kappa shape index (κ1) is 12.9. The minimum atomic E-state index is -4.98. The van der Waals surface area contributed by atoms with E-state index in [1.54, 1.807) is 0 Å². The summed E-state index contributed by atoms with van der Waals surface area (Å²) in [7, 11) is 0. The summed E-state index contributed by atoms with van der Waals surface area (Å²) in [6.45, 7) is 3.18. The molecule has 17 heavy (non-hydrogen) atoms. The molecule has 7 heteroatoms. The van der Waals surface area contributed by atoms with Crippen molar-refractivity contribution in [1.82, 2.24) is 0 Å². The molecule has 1 N–H and O–H groups in total. The number of rotatable bonds is 4. The molecule has 0 amide bonds. The van der Waals surface area contributed by atoms with E-state index in [0.717, 1.165) is 12.3 Å². The van der Waals surface area contributed by atoms with E-state index in [-0.39, 0.29) is 5.75 Å². The number of ether oxygens (including phenoxy) is 2. The monoisotopic (exact) mass is 248 g/mol. The topological polar surface area (TPSA) is 55.8 Å². The second kappa shape index (κ2) is 4.77. The van der Waals surface area contributed by atoms with Gasteiger partial charge in [-0.1, -0.05) is 12.6 Å². The Kier molecular flexibility index (Phi) is 3.62. The Balaban J connectivity index is 3.24. The molecule has 0 aliphatic rings. The molecule has 0 aromatic heterocycles. The summed E-state index contributed by atoms with van der Waals surface area (Å²) in [6, 6.07) is 3.24. The number of hydrogen-bond acceptors (Lipinski definition) is 3. The lowest BCUT2D eigenvalue weighted by Gasteiger charge is -2.13. The van der Waals surface area contributed by atoms with Crippen molar-refractivity contribution in [2.24, 2.45) is 0 Å². The largest absolute Gasteiger partial charge is 0.573 e. The van der Waals surface area contributed by atoms with Gasteiger partial charge in [0.2, 0.25) is 0 Å². The molecule has 4 nitrogen and oxygen atoms in total. The summed E-state index contributed by atoms with van der Waals surface area (Å²) >= 11 is 0. The SMILES string of the molecule is C=COc1cccc(OC(F)(F)F)c1C(=O)O. The second-order valence-electron chi connectivity index (χ2n) is 2.77. The van der Waals surface area contributed by atoms with Gasteiger partial charge in [0, 0.05) is 0 Å². The number of carbonyl (C=O) groups is 1. The fraction of sp³-hybridized carbons (Fsp3) is 0.100. The van der Waals surface area contributed by atoms with E-state index in [1.165, 1.54) is 12.1 Å². The van der Waals surface area contributed by atoms with Crippen LogP contribution in [0.15, 0.2) is 31.0 Å². The van der Waals surface area contributed by atoms with E-state index in [0.29, 0.717) is 0 Å². The van der Waals surface area contributed by atoms with Crippen LogP contribution in [0.1, 0.15) is 10.4 Å². The van der Waals surface area contributed by atoms with Gasteiger partial charge in [-0.15, -0.1) is 13.2 Å². The van der Waals surface area contributed by atoms with Crippen LogP contribution >= 0.6 is 0 Å². The lowest BCUT2D eigenvalue weighted by molar-refractivity contribution is -0.274. The van der Waals surface area contributed by atoms with E-state index in [4.69, 9.17) is 5.11 Å². The first-order valence-electron chi connectivity index (χ1n) is 4.25. The Morgan fingerprint density at radius 2 is 1.94 bits per heavy atom. The van der Waals surface area contributed by atoms with Gasteiger partial charge in [-0.05, 0) is 12.1 Å². The number of carboxylic acid groups (broad SMARTS) is 1. The standard InChI is InChI=1S/C10H7F3O4/c1-2-16-6-4-3-5-7(8(6)9(14)15)17-10(11,12)13/h2-5H,1H2,(H,14,15). The number of alkyl halides is 3. The number of benzene rings is 1. The van der Waals surface area contributed by atoms with Crippen molar-refractivity contribution in [3.05, 3.63) is 36.6 Å². The predicted molar refractivity (Wildman–Crippen MR) is 50.9 cm³/mol. The Labute approximate surface area is 93.9 Å². The molecule has 1 aromatic rings. The van der Waals surface area contributed by atoms with Crippen LogP contribution in [-0.4, -0.2) is 17.4 Å². The summed E-state index contributed by atoms with van der Waals surface area (Å²) in [5.74, 6) is -2.72. The molecule has 1 rings (SSSR count). The fourth-order valence-electron chi connectivity index (χ4n) is 1.12. The van der Waals surface area contributed by atoms with Crippen molar-refractivity contribution < 1.29 is 32.5 Å². The van der Waals surface area contributed by atoms with Crippen molar-refractivity contribution in [3.63, 3.8) is 0 Å². The molecule has 92 valence electrons. The molecule has 0 saturated heterocycles. The zero-order valence-electron chi connectivity index (χ0n) is 8.32. The van der Waals surface area contributed by atoms with Crippen molar-refractivity contribution in [2.75, 3.05) is 0 Å². The summed E-state index contributed by atoms with van der Waals surface area (Å²) in [4.78, 5) is 10.8. The van der Waals surface area contributed by atoms with E-state index in [2.05, 4.69) is 16.1 Å². The molecule has 0 unspecified atom stereocenters. The zero-order valence-corrected chi connectivity index (χ0v) is 8.32. The van der Waals surface area contributed by atoms with Crippen molar-refractivity contribution in [2.45, 2.75) is 6.36 Å². The quantitative estimate of drug-likeness (QED) is 0.832. The van der Waals surface area contributed by atoms with Gasteiger partial charge in [-0.2, -0.15) is 0 Å². The molecule has 0 bridgehead atoms. The molecule has 0 atom stereocenters. The third-order valence-corrected chi connectivity index (χ3v) is 1.64. The summed E-state index contributed by atoms with van der Waals surface area (Å²) in [6.07, 6.45) is -4.07. The first-order valence-corrected chi connectivity index (χ1v) is 4.25. The fourth-order valence-corrected chi connectivity index (χ4v) is 1.12. The molecule has 0 saturated carbocycles. The Bertz CT molecular complexity index is 440. The highest BCUT2D eigenvalue weighted by atomic mass is 19.4. The Morgan fingerprint density at radius 3 is 2.41 bits per heavy atom. The number of halogens is 3. The third kappa shape index (κ3) is 3.40. The maximum Gasteiger partial charge on any atom is 0.573 e. The maximum atomic E-state index is 12.0. The van der Waals surface area contributed by atoms with Crippen LogP contribution in [0.25, 0.3) is 0 Å². The summed E-state index contributed by atoms with van der Waals surface area (Å²) < 4.78 is 44.4. The lowest BCUT2D eigenvalue weighted by atomic mass is 10.2. The predicted octanol–water partition coefficient (Wildman–Crippen LogP) is 2.81. The van der Waals surface area contributed by atoms with Gasteiger partial charge >= 0.3 is 12.3 Å². The van der Waals surface area contributed by atoms with Crippen LogP contribution in [0.5, 0.6) is 11.5 Å². The first-order chi connectivity index (χ1) is 7.85. The van der Waals surface area contributed by atoms with Gasteiger partial charge in [0.05, 0.1) is 6.26 Å². The number of hydrogen-bond donors (Lipinski definition) is 1. The van der Waals surface area contributed by atoms with Crippen LogP contribution in [0.3, 0.4) is 0 Å². The highest BCUT2D eigenvalue weighted by Crippen LogP contribution is 2.32. The van der Waals surface area contributed by atoms with Gasteiger partial charge < -0.3 is 14.6 Å². The van der Waals surface area contributed by atoms with Crippen LogP contribution in [0, 0.1) is 0 Å². The average Bonchev–Trinajstić information content (AvgIpc) is 2.15. The van der Waals surface area contributed by atoms with Gasteiger partial charge in [0.15, 0.2) is 0 Å². The highest BCUT2D eigenvalue weighted by Gasteiger charge is 2.33. The van der Waals surface area contributed by atoms with Gasteiger partial charge in [0.1, 0.15) is 17.1 Å². The minimum absolute atomic E-state index is 0.283. The highest BCUT2D eigenvalue weighted by molar-refractivity contribution is 5.94. The smallest absolute Gasteiger partial charge is 0.477 e. The molecule has 0 aliphatic heterocycles. The molecule has 0 spiro atoms. The third-order valence-electron chi connectivity index (χ3n) is 1.64. The zero-order chi connectivity index (χ0) is 13.1. The number of aromatic carboxylic acids is 1. The van der Waals surface area contributed by atoms with Gasteiger partial charge in [-0.3, -0.25) is 0 Å². The maximum absolute atomic E-state index is 12.0. The molecular formula is C10H7F3O4. The van der Waals surface area contributed by atoms with Crippen LogP contribution in [-0.2, 0) is 0 Å². The lowest BCUT2D eigenvalue weighted by Crippen LogP contribution is -2.19. The van der Waals surface area contributed by atoms with Crippen molar-refractivity contribution in [3.8, 4) is 11.5 Å². The van der Waals surface area contributed by atoms with E-state index in [9.17, 15) is 18.0 Å². The molecule has 0 aliphatic carbocycles. The summed E-state index contributed by atoms with van der Waals surface area (Å²) in [5, 5.41) is 8.81. The van der Waals surface area contributed by atoms with Crippen molar-refractivity contribution >= 4 is 5.97 Å². The normalized spacial score (nSPS) is 10.8. The second-order valence-corrected chi connectivity index (χ2v) is 2.77. The Morgan fingerprint density at radius 1 is 1.35 bits per heavy atom. The van der Waals surface area contributed by atoms with Gasteiger partial charge in [0.25, 0.3) is 0 Å². The molecule has 0 fully saturated rings.